The Morgan fingerprint density at radius 3 is 2.76 bits per heavy atom. The maximum Gasteiger partial charge on any atom is 0.348 e. The summed E-state index contributed by atoms with van der Waals surface area (Å²) in [5, 5.41) is 9.50. The van der Waals surface area contributed by atoms with Crippen molar-refractivity contribution < 1.29 is 23.9 Å². The lowest BCUT2D eigenvalue weighted by Gasteiger charge is -2.16. The second-order valence-corrected chi connectivity index (χ2v) is 7.31. The van der Waals surface area contributed by atoms with Crippen LogP contribution in [-0.4, -0.2) is 31.0 Å². The maximum atomic E-state index is 12.5. The van der Waals surface area contributed by atoms with Gasteiger partial charge in [-0.2, -0.15) is 5.26 Å². The Morgan fingerprint density at radius 1 is 1.31 bits per heavy atom. The van der Waals surface area contributed by atoms with Crippen LogP contribution in [-0.2, 0) is 20.9 Å². The van der Waals surface area contributed by atoms with Crippen LogP contribution >= 0.6 is 11.3 Å². The van der Waals surface area contributed by atoms with Crippen LogP contribution in [0.2, 0.25) is 0 Å². The third kappa shape index (κ3) is 4.22. The van der Waals surface area contributed by atoms with Crippen LogP contribution in [0, 0.1) is 11.3 Å². The summed E-state index contributed by atoms with van der Waals surface area (Å²) in [6.07, 6.45) is 1.27. The highest BCUT2D eigenvalue weighted by Gasteiger charge is 2.25. The summed E-state index contributed by atoms with van der Waals surface area (Å²) in [6, 6.07) is 8.53. The van der Waals surface area contributed by atoms with Crippen LogP contribution in [0.3, 0.4) is 0 Å². The smallest absolute Gasteiger partial charge is 0.348 e. The molecule has 0 spiro atoms. The van der Waals surface area contributed by atoms with Crippen molar-refractivity contribution >= 4 is 39.9 Å². The van der Waals surface area contributed by atoms with Crippen LogP contribution in [0.15, 0.2) is 24.3 Å². The zero-order valence-electron chi connectivity index (χ0n) is 15.8. The van der Waals surface area contributed by atoms with E-state index in [4.69, 9.17) is 15.2 Å². The van der Waals surface area contributed by atoms with Crippen molar-refractivity contribution in [2.24, 2.45) is 0 Å². The van der Waals surface area contributed by atoms with Gasteiger partial charge in [-0.15, -0.1) is 11.3 Å². The molecule has 0 saturated carbocycles. The molecule has 0 bridgehead atoms. The molecule has 150 valence electrons. The van der Waals surface area contributed by atoms with E-state index in [1.807, 2.05) is 6.07 Å². The van der Waals surface area contributed by atoms with Crippen molar-refractivity contribution in [1.29, 1.82) is 5.26 Å². The second-order valence-electron chi connectivity index (χ2n) is 6.26. The zero-order valence-corrected chi connectivity index (χ0v) is 16.6. The van der Waals surface area contributed by atoms with E-state index in [0.29, 0.717) is 18.7 Å². The molecule has 29 heavy (non-hydrogen) atoms. The number of ether oxygens (including phenoxy) is 2. The number of carbonyl (C=O) groups excluding carboxylic acids is 3. The van der Waals surface area contributed by atoms with Crippen molar-refractivity contribution in [1.82, 2.24) is 0 Å². The molecule has 1 saturated heterocycles. The lowest BCUT2D eigenvalue weighted by atomic mass is 10.1. The number of hydrogen-bond acceptors (Lipinski definition) is 8. The van der Waals surface area contributed by atoms with Gasteiger partial charge in [0.15, 0.2) is 0 Å². The zero-order chi connectivity index (χ0) is 21.0. The molecule has 2 aromatic rings. The summed E-state index contributed by atoms with van der Waals surface area (Å²) < 4.78 is 10.3. The van der Waals surface area contributed by atoms with Gasteiger partial charge >= 0.3 is 11.9 Å². The van der Waals surface area contributed by atoms with Crippen molar-refractivity contribution in [3.63, 3.8) is 0 Å². The molecule has 2 N–H and O–H groups in total. The predicted molar refractivity (Wildman–Crippen MR) is 107 cm³/mol. The summed E-state index contributed by atoms with van der Waals surface area (Å²) in [5.41, 5.74) is 7.04. The SMILES string of the molecule is CCOC(=O)c1sc(N)c(C#N)c1COC(=O)c1cccc(N2CCCC2=O)c1. The first-order chi connectivity index (χ1) is 14.0. The largest absolute Gasteiger partial charge is 0.462 e. The number of carbonyl (C=O) groups is 3. The molecule has 1 amide bonds. The number of anilines is 2. The van der Waals surface area contributed by atoms with Gasteiger partial charge in [-0.3, -0.25) is 4.79 Å². The van der Waals surface area contributed by atoms with Crippen molar-refractivity contribution in [2.45, 2.75) is 26.4 Å². The Bertz CT molecular complexity index is 1010. The molecular formula is C20H19N3O5S. The first kappa shape index (κ1) is 20.4. The molecule has 1 fully saturated rings. The van der Waals surface area contributed by atoms with E-state index in [1.54, 1.807) is 36.1 Å². The number of thiophene rings is 1. The predicted octanol–water partition coefficient (Wildman–Crippen LogP) is 2.86. The summed E-state index contributed by atoms with van der Waals surface area (Å²) in [4.78, 5) is 38.3. The Labute approximate surface area is 171 Å². The Morgan fingerprint density at radius 2 is 2.10 bits per heavy atom. The minimum Gasteiger partial charge on any atom is -0.462 e. The van der Waals surface area contributed by atoms with Crippen LogP contribution < -0.4 is 10.6 Å². The fraction of sp³-hybridized carbons (Fsp3) is 0.300. The molecule has 0 aliphatic carbocycles. The van der Waals surface area contributed by atoms with Gasteiger partial charge in [-0.25, -0.2) is 9.59 Å². The highest BCUT2D eigenvalue weighted by molar-refractivity contribution is 7.18. The van der Waals surface area contributed by atoms with Crippen molar-refractivity contribution in [3.05, 3.63) is 45.8 Å². The third-order valence-corrected chi connectivity index (χ3v) is 5.46. The van der Waals surface area contributed by atoms with E-state index in [2.05, 4.69) is 0 Å². The average Bonchev–Trinajstić information content (AvgIpc) is 3.28. The normalized spacial score (nSPS) is 13.2. The standard InChI is InChI=1S/C20H19N3O5S/c1-2-27-20(26)17-15(14(10-21)18(22)29-17)11-28-19(25)12-5-3-6-13(9-12)23-8-4-7-16(23)24/h3,5-6,9H,2,4,7-8,11,22H2,1H3. The number of nitrogen functional groups attached to an aromatic ring is 1. The highest BCUT2D eigenvalue weighted by Crippen LogP contribution is 2.32. The van der Waals surface area contributed by atoms with Gasteiger partial charge < -0.3 is 20.1 Å². The van der Waals surface area contributed by atoms with E-state index < -0.39 is 11.9 Å². The topological polar surface area (TPSA) is 123 Å². The monoisotopic (exact) mass is 413 g/mol. The van der Waals surface area contributed by atoms with Crippen LogP contribution in [0.4, 0.5) is 10.7 Å². The average molecular weight is 413 g/mol. The minimum atomic E-state index is -0.637. The molecule has 1 aliphatic heterocycles. The number of rotatable bonds is 6. The number of esters is 2. The number of benzene rings is 1. The Kier molecular flexibility index (Phi) is 6.14. The summed E-state index contributed by atoms with van der Waals surface area (Å²) in [6.45, 7) is 2.15. The van der Waals surface area contributed by atoms with E-state index >= 15 is 0 Å². The first-order valence-electron chi connectivity index (χ1n) is 9.02. The fourth-order valence-electron chi connectivity index (χ4n) is 3.05. The summed E-state index contributed by atoms with van der Waals surface area (Å²) in [5.74, 6) is -1.24. The number of nitriles is 1. The third-order valence-electron chi connectivity index (χ3n) is 4.42. The van der Waals surface area contributed by atoms with E-state index in [-0.39, 0.29) is 45.7 Å². The molecule has 1 aromatic heterocycles. The lowest BCUT2D eigenvalue weighted by Crippen LogP contribution is -2.23. The van der Waals surface area contributed by atoms with E-state index in [0.717, 1.165) is 17.8 Å². The van der Waals surface area contributed by atoms with Gasteiger partial charge in [0.2, 0.25) is 5.91 Å². The van der Waals surface area contributed by atoms with Gasteiger partial charge in [0.05, 0.1) is 17.7 Å². The Balaban J connectivity index is 1.78. The summed E-state index contributed by atoms with van der Waals surface area (Å²) >= 11 is 0.926. The number of nitrogens with zero attached hydrogens (tertiary/aromatic N) is 2. The van der Waals surface area contributed by atoms with Gasteiger partial charge in [-0.1, -0.05) is 6.07 Å². The lowest BCUT2D eigenvalue weighted by molar-refractivity contribution is -0.117. The molecule has 1 aromatic carbocycles. The molecule has 1 aliphatic rings. The number of nitrogens with two attached hydrogens (primary N) is 1. The quantitative estimate of drug-likeness (QED) is 0.722. The van der Waals surface area contributed by atoms with Crippen LogP contribution in [0.5, 0.6) is 0 Å². The Hall–Kier alpha value is -3.38. The first-order valence-corrected chi connectivity index (χ1v) is 9.83. The van der Waals surface area contributed by atoms with Crippen molar-refractivity contribution in [2.75, 3.05) is 23.8 Å². The molecule has 8 nitrogen and oxygen atoms in total. The van der Waals surface area contributed by atoms with E-state index in [1.165, 1.54) is 0 Å². The van der Waals surface area contributed by atoms with Gasteiger partial charge in [0, 0.05) is 24.2 Å². The molecule has 0 unspecified atom stereocenters. The molecule has 2 heterocycles. The maximum absolute atomic E-state index is 12.5. The highest BCUT2D eigenvalue weighted by atomic mass is 32.1. The minimum absolute atomic E-state index is 0.0157. The molecule has 0 radical (unpaired) electrons. The molecule has 9 heteroatoms. The van der Waals surface area contributed by atoms with Crippen LogP contribution in [0.1, 0.15) is 50.9 Å². The molecule has 0 atom stereocenters. The fourth-order valence-corrected chi connectivity index (χ4v) is 3.97. The van der Waals surface area contributed by atoms with Crippen LogP contribution in [0.25, 0.3) is 0 Å². The summed E-state index contributed by atoms with van der Waals surface area (Å²) in [7, 11) is 0. The number of hydrogen-bond donors (Lipinski definition) is 1. The second kappa shape index (κ2) is 8.75. The van der Waals surface area contributed by atoms with Gasteiger partial charge in [-0.05, 0) is 31.5 Å². The van der Waals surface area contributed by atoms with Crippen molar-refractivity contribution in [3.8, 4) is 6.07 Å². The van der Waals surface area contributed by atoms with Gasteiger partial charge in [0.25, 0.3) is 0 Å². The van der Waals surface area contributed by atoms with Gasteiger partial charge in [0.1, 0.15) is 22.6 Å². The number of amides is 1. The molecular weight excluding hydrogens is 394 g/mol. The molecule has 3 rings (SSSR count). The van der Waals surface area contributed by atoms with E-state index in [9.17, 15) is 19.6 Å².